The molecule has 1 aliphatic heterocycles. The number of rotatable bonds is 6. The fourth-order valence-corrected chi connectivity index (χ4v) is 4.21. The van der Waals surface area contributed by atoms with Crippen molar-refractivity contribution in [2.45, 2.75) is 44.7 Å². The van der Waals surface area contributed by atoms with E-state index in [-0.39, 0.29) is 18.4 Å². The molecule has 0 N–H and O–H groups in total. The molecule has 1 aromatic carbocycles. The zero-order valence-electron chi connectivity index (χ0n) is 15.1. The van der Waals surface area contributed by atoms with Crippen molar-refractivity contribution >= 4 is 5.91 Å². The van der Waals surface area contributed by atoms with Gasteiger partial charge in [0.05, 0.1) is 19.6 Å². The van der Waals surface area contributed by atoms with Crippen molar-refractivity contribution in [2.24, 2.45) is 5.92 Å². The molecule has 2 fully saturated rings. The summed E-state index contributed by atoms with van der Waals surface area (Å²) in [5.41, 5.74) is 1.29. The Morgan fingerprint density at radius 1 is 1.31 bits per heavy atom. The van der Waals surface area contributed by atoms with Crippen molar-refractivity contribution in [1.82, 2.24) is 15.2 Å². The summed E-state index contributed by atoms with van der Waals surface area (Å²) in [5.74, 6) is 2.11. The van der Waals surface area contributed by atoms with E-state index in [0.29, 0.717) is 30.0 Å². The molecule has 1 saturated carbocycles. The molecule has 1 amide bonds. The average molecular weight is 357 g/mol. The van der Waals surface area contributed by atoms with Crippen LogP contribution in [0.3, 0.4) is 0 Å². The van der Waals surface area contributed by atoms with E-state index in [1.165, 1.54) is 0 Å². The number of likely N-dealkylation sites (tertiary alicyclic amines) is 1. The van der Waals surface area contributed by atoms with Crippen molar-refractivity contribution in [2.75, 3.05) is 13.7 Å². The third-order valence-corrected chi connectivity index (χ3v) is 5.56. The maximum Gasteiger partial charge on any atom is 0.229 e. The number of amides is 1. The van der Waals surface area contributed by atoms with Gasteiger partial charge < -0.3 is 14.4 Å². The maximum atomic E-state index is 12.9. The number of benzene rings is 1. The molecule has 1 saturated heterocycles. The summed E-state index contributed by atoms with van der Waals surface area (Å²) in [4.78, 5) is 14.9. The first kappa shape index (κ1) is 16.9. The van der Waals surface area contributed by atoms with E-state index in [2.05, 4.69) is 10.3 Å². The maximum absolute atomic E-state index is 12.9. The van der Waals surface area contributed by atoms with Crippen molar-refractivity contribution in [1.29, 1.82) is 0 Å². The van der Waals surface area contributed by atoms with Crippen LogP contribution in [-0.4, -0.2) is 46.9 Å². The minimum absolute atomic E-state index is 0.0789. The van der Waals surface area contributed by atoms with Crippen LogP contribution in [0.4, 0.5) is 0 Å². The summed E-state index contributed by atoms with van der Waals surface area (Å²) < 4.78 is 16.0. The lowest BCUT2D eigenvalue weighted by atomic mass is 9.99. The van der Waals surface area contributed by atoms with Crippen molar-refractivity contribution < 1.29 is 18.9 Å². The second-order valence-electron chi connectivity index (χ2n) is 7.06. The lowest BCUT2D eigenvalue weighted by Crippen LogP contribution is -2.48. The lowest BCUT2D eigenvalue weighted by Gasteiger charge is -2.35. The number of ether oxygens (including phenoxy) is 2. The number of aromatic nitrogens is 2. The Hall–Kier alpha value is -2.57. The molecule has 2 aliphatic rings. The average Bonchev–Trinajstić information content (AvgIpc) is 3.37. The summed E-state index contributed by atoms with van der Waals surface area (Å²) in [5, 5.41) is 7.61. The topological polar surface area (TPSA) is 77.7 Å². The number of nitrogens with zero attached hydrogens (tertiary/aromatic N) is 3. The number of carbonyl (C=O) groups is 1. The van der Waals surface area contributed by atoms with Gasteiger partial charge in [-0.15, -0.1) is 0 Å². The summed E-state index contributed by atoms with van der Waals surface area (Å²) in [6.45, 7) is 2.30. The normalized spacial score (nSPS) is 24.1. The van der Waals surface area contributed by atoms with E-state index in [1.807, 2.05) is 29.2 Å². The van der Waals surface area contributed by atoms with Crippen LogP contribution in [-0.2, 0) is 11.2 Å². The Labute approximate surface area is 152 Å². The van der Waals surface area contributed by atoms with Crippen LogP contribution >= 0.6 is 0 Å². The quantitative estimate of drug-likeness (QED) is 0.790. The summed E-state index contributed by atoms with van der Waals surface area (Å²) in [7, 11) is 1.64. The van der Waals surface area contributed by atoms with E-state index in [1.54, 1.807) is 14.0 Å². The van der Waals surface area contributed by atoms with Crippen LogP contribution < -0.4 is 9.47 Å². The number of aryl methyl sites for hydroxylation is 1. The number of carbonyl (C=O) groups excluding carboxylic acids is 1. The third kappa shape index (κ3) is 3.13. The molecule has 3 atom stereocenters. The van der Waals surface area contributed by atoms with Crippen LogP contribution in [0.15, 0.2) is 28.9 Å². The first-order valence-electron chi connectivity index (χ1n) is 9.01. The predicted octanol–water partition coefficient (Wildman–Crippen LogP) is 2.39. The summed E-state index contributed by atoms with van der Waals surface area (Å²) in [6, 6.07) is 7.97. The lowest BCUT2D eigenvalue weighted by molar-refractivity contribution is -0.135. The molecule has 7 nitrogen and oxygen atoms in total. The Bertz CT molecular complexity index is 791. The van der Waals surface area contributed by atoms with Crippen LogP contribution in [0.2, 0.25) is 0 Å². The molecule has 1 aromatic heterocycles. The first-order chi connectivity index (χ1) is 12.7. The fraction of sp³-hybridized carbons (Fsp3) is 0.526. The second kappa shape index (κ2) is 6.97. The molecular weight excluding hydrogens is 334 g/mol. The Balaban J connectivity index is 1.45. The number of methoxy groups -OCH3 is 1. The van der Waals surface area contributed by atoms with E-state index in [0.717, 1.165) is 30.8 Å². The Kier molecular flexibility index (Phi) is 4.53. The zero-order chi connectivity index (χ0) is 18.1. The number of hydrogen-bond acceptors (Lipinski definition) is 6. The van der Waals surface area contributed by atoms with Crippen LogP contribution in [0.1, 0.15) is 30.7 Å². The minimum atomic E-state index is 0.0789. The van der Waals surface area contributed by atoms with Gasteiger partial charge in [-0.05, 0) is 44.2 Å². The highest BCUT2D eigenvalue weighted by Gasteiger charge is 2.48. The Morgan fingerprint density at radius 2 is 2.15 bits per heavy atom. The first-order valence-corrected chi connectivity index (χ1v) is 9.01. The predicted molar refractivity (Wildman–Crippen MR) is 93.0 cm³/mol. The van der Waals surface area contributed by atoms with Gasteiger partial charge in [-0.3, -0.25) is 4.79 Å². The fourth-order valence-electron chi connectivity index (χ4n) is 4.21. The highest BCUT2D eigenvalue weighted by molar-refractivity contribution is 5.79. The van der Waals surface area contributed by atoms with Crippen LogP contribution in [0.5, 0.6) is 11.5 Å². The number of fused-ring (bicyclic) bond motifs is 2. The van der Waals surface area contributed by atoms with Crippen LogP contribution in [0, 0.1) is 12.8 Å². The molecule has 7 heteroatoms. The largest absolute Gasteiger partial charge is 0.497 e. The molecule has 4 rings (SSSR count). The van der Waals surface area contributed by atoms with Crippen molar-refractivity contribution in [3.63, 3.8) is 0 Å². The third-order valence-electron chi connectivity index (χ3n) is 5.56. The van der Waals surface area contributed by atoms with Gasteiger partial charge in [0.1, 0.15) is 29.5 Å². The van der Waals surface area contributed by atoms with E-state index >= 15 is 0 Å². The molecular formula is C19H23N3O4. The zero-order valence-corrected chi connectivity index (χ0v) is 15.1. The van der Waals surface area contributed by atoms with Crippen molar-refractivity contribution in [3.05, 3.63) is 35.7 Å². The van der Waals surface area contributed by atoms with Gasteiger partial charge in [0.25, 0.3) is 0 Å². The monoisotopic (exact) mass is 357 g/mol. The van der Waals surface area contributed by atoms with Crippen molar-refractivity contribution in [3.8, 4) is 11.5 Å². The SMILES string of the molecule is COc1cccc(OC[C@@H]2[C@H]3CC[C@H](C3)N2C(=O)Cc2nonc2C)c1. The summed E-state index contributed by atoms with van der Waals surface area (Å²) >= 11 is 0. The highest BCUT2D eigenvalue weighted by atomic mass is 16.6. The number of piperidine rings is 1. The highest BCUT2D eigenvalue weighted by Crippen LogP contribution is 2.43. The standard InChI is InChI=1S/C19H23N3O4/c1-12-17(21-26-20-12)10-19(23)22-14-7-6-13(8-14)18(22)11-25-16-5-3-4-15(9-16)24-2/h3-5,9,13-14,18H,6-8,10-11H2,1-2H3/t13-,14+,18+/m0/s1. The molecule has 2 bridgehead atoms. The van der Waals surface area contributed by atoms with E-state index < -0.39 is 0 Å². The van der Waals surface area contributed by atoms with Gasteiger partial charge in [-0.2, -0.15) is 0 Å². The molecule has 1 aliphatic carbocycles. The Morgan fingerprint density at radius 3 is 2.92 bits per heavy atom. The van der Waals surface area contributed by atoms with Gasteiger partial charge in [-0.1, -0.05) is 16.4 Å². The van der Waals surface area contributed by atoms with Crippen LogP contribution in [0.25, 0.3) is 0 Å². The second-order valence-corrected chi connectivity index (χ2v) is 7.06. The van der Waals surface area contributed by atoms with Gasteiger partial charge in [-0.25, -0.2) is 4.63 Å². The van der Waals surface area contributed by atoms with E-state index in [9.17, 15) is 4.79 Å². The molecule has 2 heterocycles. The van der Waals surface area contributed by atoms with E-state index in [4.69, 9.17) is 14.1 Å². The molecule has 26 heavy (non-hydrogen) atoms. The minimum Gasteiger partial charge on any atom is -0.497 e. The molecule has 2 aromatic rings. The van der Waals surface area contributed by atoms with Gasteiger partial charge >= 0.3 is 0 Å². The molecule has 0 spiro atoms. The van der Waals surface area contributed by atoms with Gasteiger partial charge in [0, 0.05) is 12.1 Å². The summed E-state index contributed by atoms with van der Waals surface area (Å²) in [6.07, 6.45) is 3.52. The smallest absolute Gasteiger partial charge is 0.229 e. The van der Waals surface area contributed by atoms with Gasteiger partial charge in [0.2, 0.25) is 5.91 Å². The molecule has 0 unspecified atom stereocenters. The van der Waals surface area contributed by atoms with Gasteiger partial charge in [0.15, 0.2) is 0 Å². The number of hydrogen-bond donors (Lipinski definition) is 0. The molecule has 0 radical (unpaired) electrons. The molecule has 138 valence electrons.